The van der Waals surface area contributed by atoms with Crippen LogP contribution in [0.4, 0.5) is 5.69 Å². The van der Waals surface area contributed by atoms with Crippen molar-refractivity contribution in [1.82, 2.24) is 15.3 Å². The minimum atomic E-state index is -0.572. The molecule has 2 amide bonds. The largest absolute Gasteiger partial charge is 0.298 e. The molecule has 4 rings (SSSR count). The van der Waals surface area contributed by atoms with E-state index in [9.17, 15) is 9.59 Å². The number of hydrogen-bond donors (Lipinski definition) is 1. The standard InChI is InChI=1S/C21H13ClN4O2S/c22-15-6-8-16(9-7-15)26-20(28)17(19(27)25-21(26)29)10-13-11-23-18(24-12-13)14-4-2-1-3-5-14/h1-12H,(H,25,27,29). The Bertz CT molecular complexity index is 1130. The van der Waals surface area contributed by atoms with Crippen LogP contribution < -0.4 is 10.2 Å². The summed E-state index contributed by atoms with van der Waals surface area (Å²) in [5.41, 5.74) is 1.83. The number of thiocarbonyl (C=S) groups is 1. The van der Waals surface area contributed by atoms with Gasteiger partial charge in [0.2, 0.25) is 0 Å². The number of aromatic nitrogens is 2. The fraction of sp³-hybridized carbons (Fsp3) is 0. The van der Waals surface area contributed by atoms with Gasteiger partial charge in [0.05, 0.1) is 5.69 Å². The number of carbonyl (C=O) groups is 2. The van der Waals surface area contributed by atoms with Crippen LogP contribution in [0.3, 0.4) is 0 Å². The molecule has 0 unspecified atom stereocenters. The third-order valence-corrected chi connectivity index (χ3v) is 4.74. The fourth-order valence-corrected chi connectivity index (χ4v) is 3.20. The predicted octanol–water partition coefficient (Wildman–Crippen LogP) is 3.63. The summed E-state index contributed by atoms with van der Waals surface area (Å²) in [6.07, 6.45) is 4.56. The van der Waals surface area contributed by atoms with Crippen molar-refractivity contribution in [3.05, 3.63) is 83.2 Å². The number of benzene rings is 2. The van der Waals surface area contributed by atoms with E-state index in [1.54, 1.807) is 36.7 Å². The van der Waals surface area contributed by atoms with Crippen molar-refractivity contribution >= 4 is 52.5 Å². The maximum absolute atomic E-state index is 13.0. The third kappa shape index (κ3) is 3.91. The maximum atomic E-state index is 13.0. The van der Waals surface area contributed by atoms with Gasteiger partial charge in [0.25, 0.3) is 11.8 Å². The van der Waals surface area contributed by atoms with Crippen LogP contribution in [0.1, 0.15) is 5.56 Å². The molecular formula is C21H13ClN4O2S. The van der Waals surface area contributed by atoms with E-state index in [0.29, 0.717) is 22.1 Å². The predicted molar refractivity (Wildman–Crippen MR) is 115 cm³/mol. The minimum Gasteiger partial charge on any atom is -0.298 e. The van der Waals surface area contributed by atoms with Gasteiger partial charge in [-0.25, -0.2) is 9.97 Å². The summed E-state index contributed by atoms with van der Waals surface area (Å²) in [5, 5.41) is 3.07. The van der Waals surface area contributed by atoms with Gasteiger partial charge in [0.15, 0.2) is 10.9 Å². The Balaban J connectivity index is 1.65. The summed E-state index contributed by atoms with van der Waals surface area (Å²) >= 11 is 11.1. The van der Waals surface area contributed by atoms with Crippen molar-refractivity contribution < 1.29 is 9.59 Å². The van der Waals surface area contributed by atoms with Crippen LogP contribution >= 0.6 is 23.8 Å². The molecule has 0 radical (unpaired) electrons. The number of amides is 2. The van der Waals surface area contributed by atoms with Crippen molar-refractivity contribution in [2.24, 2.45) is 0 Å². The highest BCUT2D eigenvalue weighted by atomic mass is 35.5. The number of halogens is 1. The molecule has 1 N–H and O–H groups in total. The van der Waals surface area contributed by atoms with Gasteiger partial charge in [-0.3, -0.25) is 19.8 Å². The zero-order valence-electron chi connectivity index (χ0n) is 14.9. The number of rotatable bonds is 3. The number of carbonyl (C=O) groups excluding carboxylic acids is 2. The van der Waals surface area contributed by atoms with Gasteiger partial charge in [-0.15, -0.1) is 0 Å². The molecule has 0 bridgehead atoms. The van der Waals surface area contributed by atoms with E-state index in [4.69, 9.17) is 23.8 Å². The van der Waals surface area contributed by atoms with Crippen LogP contribution in [-0.2, 0) is 9.59 Å². The SMILES string of the molecule is O=C1NC(=S)N(c2ccc(Cl)cc2)C(=O)C1=Cc1cnc(-c2ccccc2)nc1. The van der Waals surface area contributed by atoms with Crippen molar-refractivity contribution in [3.8, 4) is 11.4 Å². The zero-order valence-corrected chi connectivity index (χ0v) is 16.4. The van der Waals surface area contributed by atoms with Crippen molar-refractivity contribution in [2.75, 3.05) is 4.90 Å². The Kier molecular flexibility index (Phi) is 5.16. The van der Waals surface area contributed by atoms with Crippen LogP contribution in [0, 0.1) is 0 Å². The molecule has 2 heterocycles. The van der Waals surface area contributed by atoms with Gasteiger partial charge in [0.1, 0.15) is 5.57 Å². The molecule has 8 heteroatoms. The summed E-state index contributed by atoms with van der Waals surface area (Å²) < 4.78 is 0. The van der Waals surface area contributed by atoms with Gasteiger partial charge in [-0.1, -0.05) is 41.9 Å². The molecule has 1 aliphatic heterocycles. The topological polar surface area (TPSA) is 75.2 Å². The van der Waals surface area contributed by atoms with Gasteiger partial charge in [-0.2, -0.15) is 0 Å². The van der Waals surface area contributed by atoms with Gasteiger partial charge in [0, 0.05) is 28.5 Å². The first kappa shape index (κ1) is 18.9. The van der Waals surface area contributed by atoms with Crippen LogP contribution in [0.2, 0.25) is 5.02 Å². The second-order valence-corrected chi connectivity index (χ2v) is 6.96. The number of hydrogen-bond acceptors (Lipinski definition) is 5. The third-order valence-electron chi connectivity index (χ3n) is 4.20. The second-order valence-electron chi connectivity index (χ2n) is 6.14. The van der Waals surface area contributed by atoms with E-state index in [0.717, 1.165) is 5.56 Å². The lowest BCUT2D eigenvalue weighted by Gasteiger charge is -2.28. The number of anilines is 1. The molecule has 1 aliphatic rings. The van der Waals surface area contributed by atoms with E-state index >= 15 is 0 Å². The van der Waals surface area contributed by atoms with E-state index < -0.39 is 11.8 Å². The molecule has 0 aliphatic carbocycles. The lowest BCUT2D eigenvalue weighted by atomic mass is 10.1. The monoisotopic (exact) mass is 420 g/mol. The molecular weight excluding hydrogens is 408 g/mol. The average molecular weight is 421 g/mol. The maximum Gasteiger partial charge on any atom is 0.270 e. The molecule has 6 nitrogen and oxygen atoms in total. The highest BCUT2D eigenvalue weighted by molar-refractivity contribution is 7.80. The summed E-state index contributed by atoms with van der Waals surface area (Å²) in [5.74, 6) is -0.554. The van der Waals surface area contributed by atoms with E-state index in [-0.39, 0.29) is 10.7 Å². The Morgan fingerprint density at radius 1 is 0.966 bits per heavy atom. The van der Waals surface area contributed by atoms with Crippen LogP contribution in [0.15, 0.2) is 72.6 Å². The quantitative estimate of drug-likeness (QED) is 0.398. The van der Waals surface area contributed by atoms with Crippen LogP contribution in [0.5, 0.6) is 0 Å². The molecule has 29 heavy (non-hydrogen) atoms. The lowest BCUT2D eigenvalue weighted by Crippen LogP contribution is -2.54. The Morgan fingerprint density at radius 3 is 2.28 bits per heavy atom. The second kappa shape index (κ2) is 7.90. The number of nitrogens with zero attached hydrogens (tertiary/aromatic N) is 3. The molecule has 1 saturated heterocycles. The van der Waals surface area contributed by atoms with Crippen molar-refractivity contribution in [3.63, 3.8) is 0 Å². The average Bonchev–Trinajstić information content (AvgIpc) is 2.73. The summed E-state index contributed by atoms with van der Waals surface area (Å²) in [6, 6.07) is 16.1. The molecule has 1 fully saturated rings. The Labute approximate surface area is 176 Å². The summed E-state index contributed by atoms with van der Waals surface area (Å²) in [4.78, 5) is 35.2. The van der Waals surface area contributed by atoms with E-state index in [2.05, 4.69) is 15.3 Å². The first-order chi connectivity index (χ1) is 14.0. The molecule has 1 aromatic heterocycles. The molecule has 0 atom stereocenters. The molecule has 0 spiro atoms. The van der Waals surface area contributed by atoms with Gasteiger partial charge < -0.3 is 0 Å². The van der Waals surface area contributed by atoms with Crippen molar-refractivity contribution in [1.29, 1.82) is 0 Å². The first-order valence-corrected chi connectivity index (χ1v) is 9.36. The first-order valence-electron chi connectivity index (χ1n) is 8.57. The molecule has 0 saturated carbocycles. The smallest absolute Gasteiger partial charge is 0.270 e. The van der Waals surface area contributed by atoms with E-state index in [1.807, 2.05) is 30.3 Å². The van der Waals surface area contributed by atoms with Crippen LogP contribution in [-0.4, -0.2) is 26.9 Å². The highest BCUT2D eigenvalue weighted by Gasteiger charge is 2.34. The van der Waals surface area contributed by atoms with Gasteiger partial charge in [-0.05, 0) is 42.6 Å². The zero-order chi connectivity index (χ0) is 20.4. The molecule has 2 aromatic carbocycles. The molecule has 142 valence electrons. The van der Waals surface area contributed by atoms with Gasteiger partial charge >= 0.3 is 0 Å². The lowest BCUT2D eigenvalue weighted by molar-refractivity contribution is -0.122. The minimum absolute atomic E-state index is 0.00940. The number of nitrogens with one attached hydrogen (secondary N) is 1. The Morgan fingerprint density at radius 2 is 1.62 bits per heavy atom. The van der Waals surface area contributed by atoms with Crippen LogP contribution in [0.25, 0.3) is 17.5 Å². The highest BCUT2D eigenvalue weighted by Crippen LogP contribution is 2.23. The van der Waals surface area contributed by atoms with E-state index in [1.165, 1.54) is 11.0 Å². The normalized spacial score (nSPS) is 15.6. The molecule has 3 aromatic rings. The fourth-order valence-electron chi connectivity index (χ4n) is 2.80. The summed E-state index contributed by atoms with van der Waals surface area (Å²) in [6.45, 7) is 0. The summed E-state index contributed by atoms with van der Waals surface area (Å²) in [7, 11) is 0. The van der Waals surface area contributed by atoms with Crippen molar-refractivity contribution in [2.45, 2.75) is 0 Å². The Hall–Kier alpha value is -3.42.